The average Bonchev–Trinajstić information content (AvgIpc) is 3.49. The summed E-state index contributed by atoms with van der Waals surface area (Å²) in [5.41, 5.74) is 4.01. The Balaban J connectivity index is 0.000000775. The molecule has 3 atom stereocenters. The van der Waals surface area contributed by atoms with E-state index in [2.05, 4.69) is 40.0 Å². The van der Waals surface area contributed by atoms with Crippen LogP contribution in [0, 0.1) is 25.7 Å². The van der Waals surface area contributed by atoms with Crippen molar-refractivity contribution in [2.75, 3.05) is 24.5 Å². The molecule has 0 saturated carbocycles. The summed E-state index contributed by atoms with van der Waals surface area (Å²) in [6, 6.07) is 12.5. The van der Waals surface area contributed by atoms with Gasteiger partial charge in [0, 0.05) is 56.5 Å². The summed E-state index contributed by atoms with van der Waals surface area (Å²) in [5.74, 6) is 1.27. The van der Waals surface area contributed by atoms with Crippen LogP contribution in [0.15, 0.2) is 59.5 Å². The zero-order valence-electron chi connectivity index (χ0n) is 18.1. The van der Waals surface area contributed by atoms with Gasteiger partial charge in [-0.15, -0.1) is 0 Å². The number of aryl methyl sites for hydroxylation is 2. The number of likely N-dealkylation sites (tertiary alicyclic amines) is 1. The molecule has 8 nitrogen and oxygen atoms in total. The fraction of sp³-hybridized carbons (Fsp3) is 0.333. The Morgan fingerprint density at radius 2 is 1.91 bits per heavy atom. The van der Waals surface area contributed by atoms with Crippen molar-refractivity contribution in [3.05, 3.63) is 77.8 Å². The van der Waals surface area contributed by atoms with E-state index in [-0.39, 0.29) is 18.4 Å². The second-order valence-corrected chi connectivity index (χ2v) is 8.16. The number of anilines is 1. The average molecular weight is 434 g/mol. The molecule has 8 heteroatoms. The Morgan fingerprint density at radius 3 is 2.56 bits per heavy atom. The summed E-state index contributed by atoms with van der Waals surface area (Å²) in [7, 11) is 0. The molecule has 4 heterocycles. The van der Waals surface area contributed by atoms with Crippen molar-refractivity contribution < 1.29 is 19.1 Å². The van der Waals surface area contributed by atoms with Crippen molar-refractivity contribution >= 4 is 18.1 Å². The molecule has 1 amide bonds. The van der Waals surface area contributed by atoms with Crippen molar-refractivity contribution in [3.63, 3.8) is 0 Å². The van der Waals surface area contributed by atoms with Crippen molar-refractivity contribution in [2.24, 2.45) is 11.8 Å². The minimum Gasteiger partial charge on any atom is -0.483 e. The van der Waals surface area contributed by atoms with E-state index >= 15 is 0 Å². The molecule has 0 radical (unpaired) electrons. The highest BCUT2D eigenvalue weighted by molar-refractivity contribution is 5.92. The van der Waals surface area contributed by atoms with Gasteiger partial charge in [0.25, 0.3) is 12.4 Å². The van der Waals surface area contributed by atoms with Crippen LogP contribution in [-0.4, -0.2) is 52.0 Å². The van der Waals surface area contributed by atoms with Gasteiger partial charge < -0.3 is 19.3 Å². The lowest BCUT2D eigenvalue weighted by Gasteiger charge is -2.30. The predicted octanol–water partition coefficient (Wildman–Crippen LogP) is 3.34. The molecular weight excluding hydrogens is 408 g/mol. The molecule has 2 aromatic heterocycles. The van der Waals surface area contributed by atoms with Gasteiger partial charge in [-0.25, -0.2) is 4.98 Å². The Labute approximate surface area is 186 Å². The highest BCUT2D eigenvalue weighted by atomic mass is 16.3. The van der Waals surface area contributed by atoms with Crippen LogP contribution in [0.1, 0.15) is 33.5 Å². The van der Waals surface area contributed by atoms with Gasteiger partial charge in [0.15, 0.2) is 11.6 Å². The van der Waals surface area contributed by atoms with Crippen LogP contribution in [0.3, 0.4) is 0 Å². The van der Waals surface area contributed by atoms with Crippen molar-refractivity contribution in [1.29, 1.82) is 0 Å². The maximum atomic E-state index is 13.3. The zero-order chi connectivity index (χ0) is 22.7. The largest absolute Gasteiger partial charge is 0.483 e. The highest BCUT2D eigenvalue weighted by Gasteiger charge is 2.49. The lowest BCUT2D eigenvalue weighted by molar-refractivity contribution is -0.122. The van der Waals surface area contributed by atoms with Crippen LogP contribution in [0.4, 0.5) is 5.69 Å². The van der Waals surface area contributed by atoms with Gasteiger partial charge in [-0.3, -0.25) is 14.6 Å². The summed E-state index contributed by atoms with van der Waals surface area (Å²) in [6.07, 6.45) is 5.25. The van der Waals surface area contributed by atoms with E-state index in [1.807, 2.05) is 35.5 Å². The minimum absolute atomic E-state index is 0.0397. The van der Waals surface area contributed by atoms with E-state index < -0.39 is 0 Å². The van der Waals surface area contributed by atoms with Crippen LogP contribution in [-0.2, 0) is 4.79 Å². The van der Waals surface area contributed by atoms with Crippen LogP contribution >= 0.6 is 0 Å². The van der Waals surface area contributed by atoms with Gasteiger partial charge in [-0.1, -0.05) is 30.3 Å². The van der Waals surface area contributed by atoms with Crippen molar-refractivity contribution in [3.8, 4) is 0 Å². The summed E-state index contributed by atoms with van der Waals surface area (Å²) >= 11 is 0. The maximum Gasteiger partial charge on any atom is 0.290 e. The first-order chi connectivity index (χ1) is 15.5. The number of rotatable bonds is 3. The molecule has 1 N–H and O–H groups in total. The molecule has 0 spiro atoms. The molecule has 0 aliphatic carbocycles. The van der Waals surface area contributed by atoms with Crippen LogP contribution < -0.4 is 4.90 Å². The number of oxazole rings is 1. The molecule has 2 aliphatic rings. The Morgan fingerprint density at radius 1 is 1.16 bits per heavy atom. The van der Waals surface area contributed by atoms with Gasteiger partial charge in [0.05, 0.1) is 6.04 Å². The Hall–Kier alpha value is -3.68. The molecule has 166 valence electrons. The number of carboxylic acid groups (broad SMARTS) is 1. The summed E-state index contributed by atoms with van der Waals surface area (Å²) in [5, 5.41) is 6.89. The lowest BCUT2D eigenvalue weighted by Crippen LogP contribution is -2.36. The molecule has 5 rings (SSSR count). The fourth-order valence-corrected chi connectivity index (χ4v) is 4.96. The number of hydrogen-bond donors (Lipinski definition) is 1. The van der Waals surface area contributed by atoms with E-state index in [1.165, 1.54) is 23.1 Å². The number of fused-ring (bicyclic) bond motifs is 1. The number of hydrogen-bond acceptors (Lipinski definition) is 6. The number of carbonyl (C=O) groups is 2. The van der Waals surface area contributed by atoms with Gasteiger partial charge >= 0.3 is 0 Å². The number of benzene rings is 1. The Kier molecular flexibility index (Phi) is 6.20. The molecule has 0 bridgehead atoms. The smallest absolute Gasteiger partial charge is 0.290 e. The normalized spacial score (nSPS) is 21.6. The molecular formula is C24H26N4O4. The van der Waals surface area contributed by atoms with E-state index in [0.717, 1.165) is 19.6 Å². The quantitative estimate of drug-likeness (QED) is 0.631. The third-order valence-corrected chi connectivity index (χ3v) is 6.24. The summed E-state index contributed by atoms with van der Waals surface area (Å²) < 4.78 is 5.30. The van der Waals surface area contributed by atoms with E-state index in [9.17, 15) is 4.79 Å². The SMILES string of the molecule is Cc1nc(C(=O)N2C[C@@H]3CN(c4ccncc4C)C[C@@H]3[C@H]2c2ccccc2)co1.O=CO. The number of nitrogens with zero attached hydrogens (tertiary/aromatic N) is 4. The number of pyridine rings is 1. The topological polar surface area (TPSA) is 99.8 Å². The minimum atomic E-state index is -0.250. The predicted molar refractivity (Wildman–Crippen MR) is 118 cm³/mol. The molecule has 32 heavy (non-hydrogen) atoms. The second kappa shape index (κ2) is 9.21. The molecule has 0 unspecified atom stereocenters. The molecule has 2 fully saturated rings. The first-order valence-electron chi connectivity index (χ1n) is 10.5. The lowest BCUT2D eigenvalue weighted by atomic mass is 9.89. The monoisotopic (exact) mass is 434 g/mol. The third-order valence-electron chi connectivity index (χ3n) is 6.24. The standard InChI is InChI=1S/C23H24N4O2.CH2O2/c1-15-10-24-9-8-21(15)26-11-18-12-27(23(28)20-14-29-16(2)25-20)22(19(18)13-26)17-6-4-3-5-7-17;2-1-3/h3-10,14,18-19,22H,11-13H2,1-2H3;1H,(H,2,3)/t18-,19-,22+;/m0./s1. The fourth-order valence-electron chi connectivity index (χ4n) is 4.96. The first kappa shape index (κ1) is 21.5. The number of amides is 1. The van der Waals surface area contributed by atoms with Gasteiger partial charge in [-0.05, 0) is 24.1 Å². The first-order valence-corrected chi connectivity index (χ1v) is 10.5. The van der Waals surface area contributed by atoms with Crippen molar-refractivity contribution in [2.45, 2.75) is 19.9 Å². The Bertz CT molecular complexity index is 1080. The highest BCUT2D eigenvalue weighted by Crippen LogP contribution is 2.46. The summed E-state index contributed by atoms with van der Waals surface area (Å²) in [4.78, 5) is 34.6. The maximum absolute atomic E-state index is 13.3. The molecule has 1 aromatic carbocycles. The van der Waals surface area contributed by atoms with Gasteiger partial charge in [0.2, 0.25) is 0 Å². The van der Waals surface area contributed by atoms with Gasteiger partial charge in [-0.2, -0.15) is 0 Å². The second-order valence-electron chi connectivity index (χ2n) is 8.16. The molecule has 3 aromatic rings. The zero-order valence-corrected chi connectivity index (χ0v) is 18.1. The summed E-state index contributed by atoms with van der Waals surface area (Å²) in [6.45, 7) is 6.22. The van der Waals surface area contributed by atoms with Crippen LogP contribution in [0.2, 0.25) is 0 Å². The number of carbonyl (C=O) groups excluding carboxylic acids is 1. The van der Waals surface area contributed by atoms with E-state index in [1.54, 1.807) is 6.92 Å². The van der Waals surface area contributed by atoms with Crippen LogP contribution in [0.5, 0.6) is 0 Å². The van der Waals surface area contributed by atoms with Crippen molar-refractivity contribution in [1.82, 2.24) is 14.9 Å². The van der Waals surface area contributed by atoms with Crippen LogP contribution in [0.25, 0.3) is 0 Å². The third kappa shape index (κ3) is 4.08. The number of aromatic nitrogens is 2. The van der Waals surface area contributed by atoms with E-state index in [0.29, 0.717) is 23.4 Å². The molecule has 2 aliphatic heterocycles. The molecule has 2 saturated heterocycles. The van der Waals surface area contributed by atoms with Gasteiger partial charge in [0.1, 0.15) is 6.26 Å². The van der Waals surface area contributed by atoms with E-state index in [4.69, 9.17) is 14.3 Å².